The van der Waals surface area contributed by atoms with Crippen LogP contribution in [0.4, 0.5) is 0 Å². The van der Waals surface area contributed by atoms with Crippen LogP contribution in [-0.2, 0) is 0 Å². The van der Waals surface area contributed by atoms with Crippen molar-refractivity contribution in [1.29, 1.82) is 0 Å². The van der Waals surface area contributed by atoms with E-state index in [-0.39, 0.29) is 11.9 Å². The second-order valence-electron chi connectivity index (χ2n) is 5.21. The molecule has 0 saturated carbocycles. The molecule has 0 aliphatic rings. The van der Waals surface area contributed by atoms with Crippen LogP contribution in [0.25, 0.3) is 10.7 Å². The molecule has 0 fully saturated rings. The lowest BCUT2D eigenvalue weighted by atomic mass is 10.3. The smallest absolute Gasteiger partial charge is 0.267 e. The molecular weight excluding hydrogens is 308 g/mol. The zero-order valence-electron chi connectivity index (χ0n) is 12.9. The number of rotatable bonds is 3. The van der Waals surface area contributed by atoms with Crippen molar-refractivity contribution in [3.8, 4) is 10.7 Å². The summed E-state index contributed by atoms with van der Waals surface area (Å²) in [5.41, 5.74) is 1.79. The van der Waals surface area contributed by atoms with Gasteiger partial charge in [0, 0.05) is 23.8 Å². The molecule has 0 aliphatic heterocycles. The Morgan fingerprint density at radius 2 is 2.04 bits per heavy atom. The molecule has 0 saturated heterocycles. The van der Waals surface area contributed by atoms with Crippen LogP contribution < -0.4 is 5.49 Å². The van der Waals surface area contributed by atoms with Gasteiger partial charge >= 0.3 is 0 Å². The fourth-order valence-corrected chi connectivity index (χ4v) is 2.85. The van der Waals surface area contributed by atoms with E-state index in [1.54, 1.807) is 17.8 Å². The maximum Gasteiger partial charge on any atom is 0.283 e. The van der Waals surface area contributed by atoms with Crippen LogP contribution in [0.1, 0.15) is 24.3 Å². The minimum Gasteiger partial charge on any atom is -0.267 e. The van der Waals surface area contributed by atoms with Gasteiger partial charge < -0.3 is 0 Å². The van der Waals surface area contributed by atoms with Crippen LogP contribution in [0.2, 0.25) is 0 Å². The zero-order valence-corrected chi connectivity index (χ0v) is 13.7. The van der Waals surface area contributed by atoms with E-state index < -0.39 is 0 Å². The third-order valence-electron chi connectivity index (χ3n) is 3.05. The average molecular weight is 324 g/mol. The van der Waals surface area contributed by atoms with E-state index in [9.17, 15) is 4.79 Å². The lowest BCUT2D eigenvalue weighted by Crippen LogP contribution is -2.28. The van der Waals surface area contributed by atoms with Gasteiger partial charge in [-0.3, -0.25) is 19.3 Å². The van der Waals surface area contributed by atoms with Crippen molar-refractivity contribution in [3.63, 3.8) is 0 Å². The number of nitrogens with zero attached hydrogens (tertiary/aromatic N) is 4. The summed E-state index contributed by atoms with van der Waals surface area (Å²) in [6.45, 7) is 3.95. The summed E-state index contributed by atoms with van der Waals surface area (Å²) in [4.78, 5) is 25.9. The molecule has 5 nitrogen and oxygen atoms in total. The summed E-state index contributed by atoms with van der Waals surface area (Å²) in [5.74, 6) is -0.191. The summed E-state index contributed by atoms with van der Waals surface area (Å²) in [6.07, 6.45) is 3.42. The fraction of sp³-hybridized carbons (Fsp3) is 0.176. The molecule has 0 spiro atoms. The minimum absolute atomic E-state index is 0.107. The van der Waals surface area contributed by atoms with Crippen molar-refractivity contribution in [2.75, 3.05) is 0 Å². The van der Waals surface area contributed by atoms with Gasteiger partial charge in [-0.15, -0.1) is 11.3 Å². The Morgan fingerprint density at radius 3 is 2.78 bits per heavy atom. The highest BCUT2D eigenvalue weighted by Crippen LogP contribution is 2.21. The molecule has 0 bridgehead atoms. The molecule has 0 aromatic carbocycles. The molecule has 3 heterocycles. The summed E-state index contributed by atoms with van der Waals surface area (Å²) in [5, 5.41) is 2.48. The van der Waals surface area contributed by atoms with Crippen molar-refractivity contribution in [2.24, 2.45) is 4.99 Å². The van der Waals surface area contributed by atoms with Crippen LogP contribution in [0.3, 0.4) is 0 Å². The minimum atomic E-state index is -0.191. The van der Waals surface area contributed by atoms with Crippen LogP contribution in [0.5, 0.6) is 0 Å². The van der Waals surface area contributed by atoms with Gasteiger partial charge in [-0.05, 0) is 38.1 Å². The Morgan fingerprint density at radius 1 is 1.22 bits per heavy atom. The largest absolute Gasteiger partial charge is 0.283 e. The Hall–Kier alpha value is -2.60. The molecule has 3 aromatic heterocycles. The first-order valence-corrected chi connectivity index (χ1v) is 8.16. The Labute approximate surface area is 138 Å². The Kier molecular flexibility index (Phi) is 4.43. The molecule has 6 heteroatoms. The maximum absolute atomic E-state index is 12.7. The Balaban J connectivity index is 1.98. The molecule has 0 amide bonds. The predicted molar refractivity (Wildman–Crippen MR) is 90.2 cm³/mol. The SMILES string of the molecule is CC(C)N=c1ccccn1C(=O)c1csc(-c2ccccn2)n1. The zero-order chi connectivity index (χ0) is 16.2. The second-order valence-corrected chi connectivity index (χ2v) is 6.07. The topological polar surface area (TPSA) is 60.1 Å². The van der Waals surface area contributed by atoms with E-state index >= 15 is 0 Å². The van der Waals surface area contributed by atoms with E-state index in [0.717, 1.165) is 10.7 Å². The van der Waals surface area contributed by atoms with Crippen LogP contribution in [-0.4, -0.2) is 26.5 Å². The third-order valence-corrected chi connectivity index (χ3v) is 3.92. The third kappa shape index (κ3) is 3.43. The van der Waals surface area contributed by atoms with E-state index in [1.807, 2.05) is 50.2 Å². The normalized spacial score (nSPS) is 11.9. The van der Waals surface area contributed by atoms with Gasteiger partial charge in [0.05, 0.1) is 5.69 Å². The number of pyridine rings is 2. The summed E-state index contributed by atoms with van der Waals surface area (Å²) in [6, 6.07) is 11.2. The summed E-state index contributed by atoms with van der Waals surface area (Å²) >= 11 is 1.41. The van der Waals surface area contributed by atoms with Crippen molar-refractivity contribution in [3.05, 3.63) is 65.4 Å². The van der Waals surface area contributed by atoms with E-state index in [0.29, 0.717) is 11.2 Å². The molecular formula is C17H16N4OS. The van der Waals surface area contributed by atoms with Gasteiger partial charge in [-0.25, -0.2) is 4.98 Å². The van der Waals surface area contributed by atoms with E-state index in [2.05, 4.69) is 15.0 Å². The first-order valence-electron chi connectivity index (χ1n) is 7.28. The van der Waals surface area contributed by atoms with Crippen molar-refractivity contribution < 1.29 is 4.79 Å². The Bertz CT molecular complexity index is 881. The number of hydrogen-bond acceptors (Lipinski definition) is 5. The number of thiazole rings is 1. The maximum atomic E-state index is 12.7. The number of carbonyl (C=O) groups excluding carboxylic acids is 1. The molecule has 0 aliphatic carbocycles. The molecule has 3 aromatic rings. The van der Waals surface area contributed by atoms with E-state index in [4.69, 9.17) is 0 Å². The molecule has 23 heavy (non-hydrogen) atoms. The summed E-state index contributed by atoms with van der Waals surface area (Å²) in [7, 11) is 0. The fourth-order valence-electron chi connectivity index (χ4n) is 2.08. The lowest BCUT2D eigenvalue weighted by Gasteiger charge is -2.05. The van der Waals surface area contributed by atoms with Crippen LogP contribution >= 0.6 is 11.3 Å². The number of carbonyl (C=O) groups is 1. The van der Waals surface area contributed by atoms with Crippen molar-refractivity contribution >= 4 is 17.2 Å². The highest BCUT2D eigenvalue weighted by atomic mass is 32.1. The highest BCUT2D eigenvalue weighted by Gasteiger charge is 2.14. The van der Waals surface area contributed by atoms with Gasteiger partial charge in [-0.2, -0.15) is 0 Å². The first-order chi connectivity index (χ1) is 11.1. The number of hydrogen-bond donors (Lipinski definition) is 0. The summed E-state index contributed by atoms with van der Waals surface area (Å²) < 4.78 is 1.53. The standard InChI is InChI=1S/C17H16N4OS/c1-12(2)19-15-8-4-6-10-21(15)17(22)14-11-23-16(20-14)13-7-3-5-9-18-13/h3-12H,1-2H3. The molecule has 0 N–H and O–H groups in total. The van der Waals surface area contributed by atoms with Crippen LogP contribution in [0, 0.1) is 0 Å². The first kappa shape index (κ1) is 15.3. The monoisotopic (exact) mass is 324 g/mol. The quantitative estimate of drug-likeness (QED) is 0.744. The lowest BCUT2D eigenvalue weighted by molar-refractivity contribution is 0.0950. The second kappa shape index (κ2) is 6.66. The van der Waals surface area contributed by atoms with Gasteiger partial charge in [-0.1, -0.05) is 12.1 Å². The number of aromatic nitrogens is 3. The van der Waals surface area contributed by atoms with Gasteiger partial charge in [0.25, 0.3) is 5.91 Å². The molecule has 116 valence electrons. The molecule has 0 atom stereocenters. The van der Waals surface area contributed by atoms with E-state index in [1.165, 1.54) is 15.9 Å². The highest BCUT2D eigenvalue weighted by molar-refractivity contribution is 7.13. The molecule has 0 unspecified atom stereocenters. The van der Waals surface area contributed by atoms with Gasteiger partial charge in [0.2, 0.25) is 0 Å². The van der Waals surface area contributed by atoms with Crippen molar-refractivity contribution in [1.82, 2.24) is 14.5 Å². The van der Waals surface area contributed by atoms with Gasteiger partial charge in [0.15, 0.2) is 0 Å². The van der Waals surface area contributed by atoms with Gasteiger partial charge in [0.1, 0.15) is 16.2 Å². The van der Waals surface area contributed by atoms with Crippen molar-refractivity contribution in [2.45, 2.75) is 19.9 Å². The average Bonchev–Trinajstić information content (AvgIpc) is 3.05. The molecule has 0 radical (unpaired) electrons. The molecule has 3 rings (SSSR count). The predicted octanol–water partition coefficient (Wildman–Crippen LogP) is 3.00. The van der Waals surface area contributed by atoms with Crippen LogP contribution in [0.15, 0.2) is 59.2 Å².